The number of benzene rings is 2. The van der Waals surface area contributed by atoms with Crippen LogP contribution < -0.4 is 0 Å². The third-order valence-corrected chi connectivity index (χ3v) is 8.17. The Morgan fingerprint density at radius 3 is 2.69 bits per heavy atom. The van der Waals surface area contributed by atoms with Gasteiger partial charge in [0.05, 0.1) is 23.1 Å². The molecule has 1 aliphatic heterocycles. The third-order valence-electron chi connectivity index (χ3n) is 8.17. The van der Waals surface area contributed by atoms with Crippen molar-refractivity contribution < 1.29 is 19.0 Å². The summed E-state index contributed by atoms with van der Waals surface area (Å²) in [6.45, 7) is 3.68. The van der Waals surface area contributed by atoms with Crippen molar-refractivity contribution in [3.8, 4) is 5.69 Å². The van der Waals surface area contributed by atoms with Gasteiger partial charge in [-0.3, -0.25) is 9.89 Å². The van der Waals surface area contributed by atoms with Crippen molar-refractivity contribution in [1.29, 1.82) is 0 Å². The minimum atomic E-state index is -0.681. The minimum Gasteiger partial charge on any atom is -0.481 e. The van der Waals surface area contributed by atoms with Crippen molar-refractivity contribution in [2.45, 2.75) is 51.4 Å². The molecule has 2 fully saturated rings. The van der Waals surface area contributed by atoms with Crippen LogP contribution in [0.5, 0.6) is 0 Å². The van der Waals surface area contributed by atoms with E-state index in [1.54, 1.807) is 0 Å². The molecule has 2 N–H and O–H groups in total. The van der Waals surface area contributed by atoms with Crippen LogP contribution in [0.3, 0.4) is 0 Å². The van der Waals surface area contributed by atoms with Gasteiger partial charge in [0.1, 0.15) is 5.82 Å². The summed E-state index contributed by atoms with van der Waals surface area (Å²) in [6.07, 6.45) is 7.01. The first-order valence-electron chi connectivity index (χ1n) is 12.5. The average Bonchev–Trinajstić information content (AvgIpc) is 3.42. The molecule has 0 bridgehead atoms. The molecule has 1 saturated heterocycles. The molecular formula is C28H30FN3O3. The number of nitrogens with one attached hydrogen (secondary N) is 1. The molecule has 0 atom stereocenters. The lowest BCUT2D eigenvalue weighted by Gasteiger charge is -2.43. The normalized spacial score (nSPS) is 23.1. The van der Waals surface area contributed by atoms with Gasteiger partial charge in [-0.25, -0.2) is 4.39 Å². The largest absolute Gasteiger partial charge is 0.481 e. The van der Waals surface area contributed by atoms with Crippen LogP contribution in [0.25, 0.3) is 27.5 Å². The zero-order valence-corrected chi connectivity index (χ0v) is 19.9. The Bertz CT molecular complexity index is 1390. The number of hydrogen-bond acceptors (Lipinski definition) is 3. The van der Waals surface area contributed by atoms with Crippen LogP contribution in [0.1, 0.15) is 56.2 Å². The number of hydrogen-bond donors (Lipinski definition) is 2. The summed E-state index contributed by atoms with van der Waals surface area (Å²) in [5.74, 6) is -0.810. The van der Waals surface area contributed by atoms with Crippen molar-refractivity contribution in [3.63, 3.8) is 0 Å². The molecule has 2 aliphatic rings. The van der Waals surface area contributed by atoms with E-state index in [-0.39, 0.29) is 17.2 Å². The van der Waals surface area contributed by atoms with E-state index in [0.717, 1.165) is 73.8 Å². The number of rotatable bonds is 6. The van der Waals surface area contributed by atoms with E-state index >= 15 is 0 Å². The minimum absolute atomic E-state index is 0.0401. The van der Waals surface area contributed by atoms with Gasteiger partial charge in [-0.15, -0.1) is 0 Å². The smallest absolute Gasteiger partial charge is 0.306 e. The Hall–Kier alpha value is -3.19. The van der Waals surface area contributed by atoms with Gasteiger partial charge in [-0.05, 0) is 85.9 Å². The fourth-order valence-electron chi connectivity index (χ4n) is 6.28. The molecule has 35 heavy (non-hydrogen) atoms. The number of carbonyl (C=O) groups is 1. The molecule has 0 spiro atoms. The number of halogens is 1. The predicted molar refractivity (Wildman–Crippen MR) is 132 cm³/mol. The van der Waals surface area contributed by atoms with Crippen LogP contribution in [0.2, 0.25) is 0 Å². The molecule has 7 heteroatoms. The second-order valence-corrected chi connectivity index (χ2v) is 10.6. The van der Waals surface area contributed by atoms with E-state index < -0.39 is 5.97 Å². The lowest BCUT2D eigenvalue weighted by Crippen LogP contribution is -2.39. The Balaban J connectivity index is 1.51. The van der Waals surface area contributed by atoms with E-state index in [1.807, 2.05) is 18.3 Å². The predicted octanol–water partition coefficient (Wildman–Crippen LogP) is 5.97. The molecule has 0 amide bonds. The maximum Gasteiger partial charge on any atom is 0.306 e. The lowest BCUT2D eigenvalue weighted by atomic mass is 9.61. The number of carboxylic acids is 1. The van der Waals surface area contributed by atoms with Crippen molar-refractivity contribution in [2.24, 2.45) is 11.3 Å². The number of nitrogens with zero attached hydrogens (tertiary/aromatic N) is 2. The van der Waals surface area contributed by atoms with E-state index in [4.69, 9.17) is 4.74 Å². The summed E-state index contributed by atoms with van der Waals surface area (Å²) >= 11 is 0. The number of aromatic nitrogens is 3. The Morgan fingerprint density at radius 1 is 1.23 bits per heavy atom. The number of aromatic amines is 1. The number of carboxylic acid groups (broad SMARTS) is 1. The maximum absolute atomic E-state index is 13.8. The van der Waals surface area contributed by atoms with Crippen LogP contribution in [-0.4, -0.2) is 39.1 Å². The van der Waals surface area contributed by atoms with Crippen LogP contribution in [0.4, 0.5) is 4.39 Å². The van der Waals surface area contributed by atoms with Crippen LogP contribution in [0, 0.1) is 17.2 Å². The summed E-state index contributed by atoms with van der Waals surface area (Å²) in [7, 11) is 0. The molecule has 1 saturated carbocycles. The molecule has 2 aromatic heterocycles. The number of aliphatic carboxylic acids is 1. The highest BCUT2D eigenvalue weighted by molar-refractivity contribution is 5.98. The van der Waals surface area contributed by atoms with E-state index in [1.165, 1.54) is 28.8 Å². The van der Waals surface area contributed by atoms with Gasteiger partial charge in [0.2, 0.25) is 0 Å². The molecule has 3 heterocycles. The summed E-state index contributed by atoms with van der Waals surface area (Å²) < 4.78 is 21.9. The number of aryl methyl sites for hydroxylation is 1. The highest BCUT2D eigenvalue weighted by Crippen LogP contribution is 2.50. The van der Waals surface area contributed by atoms with Crippen LogP contribution in [-0.2, 0) is 16.0 Å². The molecule has 6 nitrogen and oxygen atoms in total. The Labute approximate surface area is 203 Å². The molecule has 182 valence electrons. The maximum atomic E-state index is 13.8. The van der Waals surface area contributed by atoms with Gasteiger partial charge in [-0.1, -0.05) is 6.92 Å². The topological polar surface area (TPSA) is 80.1 Å². The average molecular weight is 476 g/mol. The summed E-state index contributed by atoms with van der Waals surface area (Å²) in [5, 5.41) is 19.0. The van der Waals surface area contributed by atoms with E-state index in [9.17, 15) is 14.3 Å². The quantitative estimate of drug-likeness (QED) is 0.360. The summed E-state index contributed by atoms with van der Waals surface area (Å²) in [5.41, 5.74) is 5.69. The van der Waals surface area contributed by atoms with Gasteiger partial charge in [0.15, 0.2) is 0 Å². The zero-order valence-electron chi connectivity index (χ0n) is 19.9. The van der Waals surface area contributed by atoms with Crippen molar-refractivity contribution >= 4 is 27.8 Å². The molecule has 2 aromatic carbocycles. The second kappa shape index (κ2) is 8.48. The Kier molecular flexibility index (Phi) is 5.40. The molecule has 0 unspecified atom stereocenters. The second-order valence-electron chi connectivity index (χ2n) is 10.6. The first-order valence-corrected chi connectivity index (χ1v) is 12.5. The first-order chi connectivity index (χ1) is 16.9. The standard InChI is InChI=1S/C28H30FN3O3/c1-28(14-19(15-28)27(33)34)9-6-22-23-13-24-18(16-30-31-24)12-25(23)32(21-4-2-20(29)3-5-21)26(22)17-7-10-35-11-8-17/h2-5,12-13,16-17,19H,6-11,14-15H2,1H3,(H,30,31)(H,33,34). The van der Waals surface area contributed by atoms with E-state index in [0.29, 0.717) is 5.92 Å². The van der Waals surface area contributed by atoms with Gasteiger partial charge in [0.25, 0.3) is 0 Å². The zero-order chi connectivity index (χ0) is 24.2. The van der Waals surface area contributed by atoms with Crippen LogP contribution >= 0.6 is 0 Å². The third kappa shape index (κ3) is 3.92. The molecular weight excluding hydrogens is 445 g/mol. The highest BCUT2D eigenvalue weighted by Gasteiger charge is 2.43. The number of ether oxygens (including phenoxy) is 1. The van der Waals surface area contributed by atoms with Gasteiger partial charge >= 0.3 is 5.97 Å². The SMILES string of the molecule is CC1(CCc2c(C3CCOCC3)n(-c3ccc(F)cc3)c3cc4cn[nH]c4cc23)CC(C(=O)O)C1. The summed E-state index contributed by atoms with van der Waals surface area (Å²) in [6, 6.07) is 11.1. The Morgan fingerprint density at radius 2 is 1.97 bits per heavy atom. The van der Waals surface area contributed by atoms with Crippen LogP contribution in [0.15, 0.2) is 42.6 Å². The molecule has 1 aliphatic carbocycles. The molecule has 0 radical (unpaired) electrons. The highest BCUT2D eigenvalue weighted by atomic mass is 19.1. The lowest BCUT2D eigenvalue weighted by molar-refractivity contribution is -0.149. The number of fused-ring (bicyclic) bond motifs is 2. The fraction of sp³-hybridized carbons (Fsp3) is 0.429. The fourth-order valence-corrected chi connectivity index (χ4v) is 6.28. The van der Waals surface area contributed by atoms with Gasteiger partial charge in [0, 0.05) is 41.3 Å². The van der Waals surface area contributed by atoms with Crippen molar-refractivity contribution in [2.75, 3.05) is 13.2 Å². The van der Waals surface area contributed by atoms with E-state index in [2.05, 4.69) is 33.8 Å². The monoisotopic (exact) mass is 475 g/mol. The molecule has 4 aromatic rings. The van der Waals surface area contributed by atoms with Crippen molar-refractivity contribution in [3.05, 3.63) is 59.7 Å². The first kappa shape index (κ1) is 22.3. The summed E-state index contributed by atoms with van der Waals surface area (Å²) in [4.78, 5) is 11.4. The van der Waals surface area contributed by atoms with Gasteiger partial charge in [-0.2, -0.15) is 5.10 Å². The number of H-pyrrole nitrogens is 1. The molecule has 6 rings (SSSR count). The van der Waals surface area contributed by atoms with Crippen molar-refractivity contribution in [1.82, 2.24) is 14.8 Å². The van der Waals surface area contributed by atoms with Gasteiger partial charge < -0.3 is 14.4 Å².